The average molecular weight is 260 g/mol. The van der Waals surface area contributed by atoms with E-state index in [0.29, 0.717) is 0 Å². The van der Waals surface area contributed by atoms with Gasteiger partial charge in [-0.3, -0.25) is 0 Å². The molecule has 1 N–H and O–H groups in total. The number of hydrogen-bond donors (Lipinski definition) is 1. The van der Waals surface area contributed by atoms with Gasteiger partial charge in [-0.15, -0.1) is 6.58 Å². The van der Waals surface area contributed by atoms with Crippen molar-refractivity contribution >= 4 is 0 Å². The van der Waals surface area contributed by atoms with E-state index in [1.165, 1.54) is 31.2 Å². The third-order valence-electron chi connectivity index (χ3n) is 3.76. The number of benzene rings is 1. The Balaban J connectivity index is 2.28. The molecule has 0 aliphatic heterocycles. The van der Waals surface area contributed by atoms with Gasteiger partial charge in [-0.1, -0.05) is 69.0 Å². The van der Waals surface area contributed by atoms with Crippen molar-refractivity contribution in [1.82, 2.24) is 0 Å². The quantitative estimate of drug-likeness (QED) is 0.475. The van der Waals surface area contributed by atoms with Crippen LogP contribution < -0.4 is 0 Å². The summed E-state index contributed by atoms with van der Waals surface area (Å²) in [5.74, 6) is 0.251. The van der Waals surface area contributed by atoms with Crippen LogP contribution >= 0.6 is 0 Å². The summed E-state index contributed by atoms with van der Waals surface area (Å²) in [6.45, 7) is 6.10. The lowest BCUT2D eigenvalue weighted by Crippen LogP contribution is -2.19. The Morgan fingerprint density at radius 1 is 1.11 bits per heavy atom. The van der Waals surface area contributed by atoms with Gasteiger partial charge in [0, 0.05) is 5.92 Å². The highest BCUT2D eigenvalue weighted by atomic mass is 16.3. The predicted octanol–water partition coefficient (Wildman–Crippen LogP) is 4.75. The Morgan fingerprint density at radius 2 is 1.84 bits per heavy atom. The van der Waals surface area contributed by atoms with Gasteiger partial charge in [-0.2, -0.15) is 0 Å². The molecule has 0 saturated carbocycles. The zero-order valence-electron chi connectivity index (χ0n) is 12.2. The lowest BCUT2D eigenvalue weighted by Gasteiger charge is -2.19. The Hall–Kier alpha value is -1.08. The average Bonchev–Trinajstić information content (AvgIpc) is 2.46. The van der Waals surface area contributed by atoms with Gasteiger partial charge in [0.1, 0.15) is 0 Å². The number of aryl methyl sites for hydroxylation is 1. The van der Waals surface area contributed by atoms with E-state index in [1.807, 2.05) is 12.1 Å². The summed E-state index contributed by atoms with van der Waals surface area (Å²) in [7, 11) is 0. The fourth-order valence-electron chi connectivity index (χ4n) is 2.45. The summed E-state index contributed by atoms with van der Waals surface area (Å²) in [4.78, 5) is 0. The molecule has 1 aromatic rings. The number of aliphatic hydroxyl groups is 1. The predicted molar refractivity (Wildman–Crippen MR) is 83.2 cm³/mol. The van der Waals surface area contributed by atoms with E-state index in [0.717, 1.165) is 19.3 Å². The van der Waals surface area contributed by atoms with Crippen molar-refractivity contribution in [2.45, 2.75) is 58.0 Å². The topological polar surface area (TPSA) is 20.2 Å². The van der Waals surface area contributed by atoms with Gasteiger partial charge in [0.2, 0.25) is 0 Å². The van der Waals surface area contributed by atoms with Crippen molar-refractivity contribution in [3.8, 4) is 0 Å². The second kappa shape index (κ2) is 9.80. The van der Waals surface area contributed by atoms with E-state index in [-0.39, 0.29) is 12.0 Å². The third kappa shape index (κ3) is 6.58. The van der Waals surface area contributed by atoms with Crippen LogP contribution in [0.5, 0.6) is 0 Å². The first kappa shape index (κ1) is 16.0. The molecule has 0 radical (unpaired) electrons. The van der Waals surface area contributed by atoms with Crippen molar-refractivity contribution in [1.29, 1.82) is 0 Å². The van der Waals surface area contributed by atoms with Crippen molar-refractivity contribution in [3.63, 3.8) is 0 Å². The number of hydrogen-bond acceptors (Lipinski definition) is 1. The molecule has 1 aromatic carbocycles. The Labute approximate surface area is 118 Å². The monoisotopic (exact) mass is 260 g/mol. The summed E-state index contributed by atoms with van der Waals surface area (Å²) >= 11 is 0. The Bertz CT molecular complexity index is 331. The van der Waals surface area contributed by atoms with Gasteiger partial charge >= 0.3 is 0 Å². The van der Waals surface area contributed by atoms with Gasteiger partial charge in [0.25, 0.3) is 0 Å². The highest BCUT2D eigenvalue weighted by molar-refractivity contribution is 5.14. The van der Waals surface area contributed by atoms with Crippen LogP contribution in [-0.4, -0.2) is 11.2 Å². The molecule has 0 aliphatic carbocycles. The van der Waals surface area contributed by atoms with Gasteiger partial charge in [0.15, 0.2) is 0 Å². The smallest absolute Gasteiger partial charge is 0.0605 e. The van der Waals surface area contributed by atoms with E-state index in [1.54, 1.807) is 0 Å². The van der Waals surface area contributed by atoms with Crippen LogP contribution in [0.2, 0.25) is 0 Å². The fraction of sp³-hybridized carbons (Fsp3) is 0.556. The molecule has 0 fully saturated rings. The standard InChI is InChI=1S/C18H28O/c1-3-5-6-10-13-17(4-2)18(19)15-14-16-11-8-7-9-12-16/h4,7-9,11-12,17-19H,2-3,5-6,10,13-15H2,1H3/t17-,18+/m0/s1. The second-order valence-electron chi connectivity index (χ2n) is 5.34. The first-order valence-corrected chi connectivity index (χ1v) is 7.62. The zero-order valence-corrected chi connectivity index (χ0v) is 12.2. The molecule has 0 spiro atoms. The van der Waals surface area contributed by atoms with Gasteiger partial charge in [-0.05, 0) is 24.8 Å². The highest BCUT2D eigenvalue weighted by Gasteiger charge is 2.15. The van der Waals surface area contributed by atoms with E-state index >= 15 is 0 Å². The van der Waals surface area contributed by atoms with E-state index in [9.17, 15) is 5.11 Å². The second-order valence-corrected chi connectivity index (χ2v) is 5.34. The van der Waals surface area contributed by atoms with Crippen LogP contribution in [0.3, 0.4) is 0 Å². The Kier molecular flexibility index (Phi) is 8.24. The fourth-order valence-corrected chi connectivity index (χ4v) is 2.45. The van der Waals surface area contributed by atoms with Crippen LogP contribution in [0, 0.1) is 5.92 Å². The SMILES string of the molecule is C=C[C@@H](CCCCCC)[C@H](O)CCc1ccccc1. The molecule has 0 unspecified atom stereocenters. The highest BCUT2D eigenvalue weighted by Crippen LogP contribution is 2.19. The lowest BCUT2D eigenvalue weighted by atomic mass is 9.91. The summed E-state index contributed by atoms with van der Waals surface area (Å²) in [5.41, 5.74) is 1.30. The van der Waals surface area contributed by atoms with Crippen LogP contribution in [0.4, 0.5) is 0 Å². The zero-order chi connectivity index (χ0) is 13.9. The maximum absolute atomic E-state index is 10.3. The minimum Gasteiger partial charge on any atom is -0.393 e. The van der Waals surface area contributed by atoms with Crippen molar-refractivity contribution in [3.05, 3.63) is 48.6 Å². The molecule has 0 saturated heterocycles. The molecule has 2 atom stereocenters. The van der Waals surface area contributed by atoms with Crippen molar-refractivity contribution in [2.24, 2.45) is 5.92 Å². The van der Waals surface area contributed by atoms with E-state index in [2.05, 4.69) is 37.8 Å². The minimum atomic E-state index is -0.251. The molecule has 106 valence electrons. The van der Waals surface area contributed by atoms with Crippen LogP contribution in [0.25, 0.3) is 0 Å². The summed E-state index contributed by atoms with van der Waals surface area (Å²) in [5, 5.41) is 10.3. The molecular formula is C18H28O. The summed E-state index contributed by atoms with van der Waals surface area (Å²) in [6, 6.07) is 10.4. The van der Waals surface area contributed by atoms with Crippen molar-refractivity contribution < 1.29 is 5.11 Å². The van der Waals surface area contributed by atoms with E-state index in [4.69, 9.17) is 0 Å². The van der Waals surface area contributed by atoms with Crippen LogP contribution in [0.15, 0.2) is 43.0 Å². The lowest BCUT2D eigenvalue weighted by molar-refractivity contribution is 0.115. The van der Waals surface area contributed by atoms with Crippen LogP contribution in [-0.2, 0) is 6.42 Å². The maximum atomic E-state index is 10.3. The maximum Gasteiger partial charge on any atom is 0.0605 e. The molecule has 0 aliphatic rings. The largest absolute Gasteiger partial charge is 0.393 e. The van der Waals surface area contributed by atoms with Gasteiger partial charge in [-0.25, -0.2) is 0 Å². The summed E-state index contributed by atoms with van der Waals surface area (Å²) in [6.07, 6.45) is 9.55. The van der Waals surface area contributed by atoms with Gasteiger partial charge < -0.3 is 5.11 Å². The molecule has 19 heavy (non-hydrogen) atoms. The molecule has 0 aromatic heterocycles. The summed E-state index contributed by atoms with van der Waals surface area (Å²) < 4.78 is 0. The molecule has 0 heterocycles. The van der Waals surface area contributed by atoms with E-state index < -0.39 is 0 Å². The van der Waals surface area contributed by atoms with Crippen molar-refractivity contribution in [2.75, 3.05) is 0 Å². The van der Waals surface area contributed by atoms with Crippen LogP contribution in [0.1, 0.15) is 51.0 Å². The number of unbranched alkanes of at least 4 members (excludes halogenated alkanes) is 3. The number of aliphatic hydroxyl groups excluding tert-OH is 1. The normalized spacial score (nSPS) is 14.0. The molecular weight excluding hydrogens is 232 g/mol. The molecule has 0 bridgehead atoms. The first-order valence-electron chi connectivity index (χ1n) is 7.62. The molecule has 1 heteroatoms. The first-order chi connectivity index (χ1) is 9.27. The number of rotatable bonds is 10. The molecule has 0 amide bonds. The third-order valence-corrected chi connectivity index (χ3v) is 3.76. The van der Waals surface area contributed by atoms with Gasteiger partial charge in [0.05, 0.1) is 6.10 Å². The Morgan fingerprint density at radius 3 is 2.47 bits per heavy atom. The molecule has 1 rings (SSSR count). The molecule has 1 nitrogen and oxygen atoms in total. The minimum absolute atomic E-state index is 0.251.